The summed E-state index contributed by atoms with van der Waals surface area (Å²) in [4.78, 5) is 38.9. The van der Waals surface area contributed by atoms with Crippen LogP contribution >= 0.6 is 23.2 Å². The van der Waals surface area contributed by atoms with Crippen molar-refractivity contribution >= 4 is 52.8 Å². The number of anilines is 1. The highest BCUT2D eigenvalue weighted by atomic mass is 35.5. The summed E-state index contributed by atoms with van der Waals surface area (Å²) in [7, 11) is 4.18. The number of urea groups is 1. The standard InChI is InChI=1S/C20H16Cl2N2O6/c1-28-15-5-4-11(21)6-10(15)7-12-18(25)23-20(27)24(19(12)26)14-9-16(29-2)13(22)8-17(14)30-3/h4-9H,1-3H3,(H,23,25,27)/b12-7+. The average molecular weight is 451 g/mol. The van der Waals surface area contributed by atoms with Crippen molar-refractivity contribution in [2.75, 3.05) is 26.2 Å². The minimum atomic E-state index is -0.942. The van der Waals surface area contributed by atoms with E-state index in [0.29, 0.717) is 16.3 Å². The maximum Gasteiger partial charge on any atom is 0.336 e. The molecule has 0 atom stereocenters. The quantitative estimate of drug-likeness (QED) is 0.551. The van der Waals surface area contributed by atoms with Crippen LogP contribution in [0.25, 0.3) is 6.08 Å². The Bertz CT molecular complexity index is 1080. The molecule has 2 aromatic carbocycles. The fourth-order valence-corrected chi connectivity index (χ4v) is 3.28. The van der Waals surface area contributed by atoms with Gasteiger partial charge in [-0.25, -0.2) is 9.69 Å². The van der Waals surface area contributed by atoms with E-state index in [1.807, 2.05) is 0 Å². The highest BCUT2D eigenvalue weighted by molar-refractivity contribution is 6.40. The second kappa shape index (κ2) is 8.64. The summed E-state index contributed by atoms with van der Waals surface area (Å²) in [6.45, 7) is 0. The number of rotatable bonds is 5. The second-order valence-corrected chi connectivity index (χ2v) is 6.85. The van der Waals surface area contributed by atoms with Gasteiger partial charge in [0.25, 0.3) is 11.8 Å². The van der Waals surface area contributed by atoms with Gasteiger partial charge in [-0.2, -0.15) is 0 Å². The van der Waals surface area contributed by atoms with Crippen molar-refractivity contribution in [3.63, 3.8) is 0 Å². The lowest BCUT2D eigenvalue weighted by atomic mass is 10.1. The molecule has 0 bridgehead atoms. The van der Waals surface area contributed by atoms with Crippen LogP contribution in [-0.2, 0) is 9.59 Å². The van der Waals surface area contributed by atoms with Crippen molar-refractivity contribution in [1.82, 2.24) is 5.32 Å². The highest BCUT2D eigenvalue weighted by Gasteiger charge is 2.38. The molecule has 1 heterocycles. The Kier molecular flexibility index (Phi) is 6.19. The molecule has 8 nitrogen and oxygen atoms in total. The molecule has 156 valence electrons. The molecule has 4 amide bonds. The first-order valence-electron chi connectivity index (χ1n) is 8.47. The van der Waals surface area contributed by atoms with Crippen LogP contribution in [0.1, 0.15) is 5.56 Å². The summed E-state index contributed by atoms with van der Waals surface area (Å²) >= 11 is 12.1. The number of halogens is 2. The molecule has 0 aliphatic carbocycles. The van der Waals surface area contributed by atoms with Gasteiger partial charge in [-0.05, 0) is 24.3 Å². The molecule has 0 radical (unpaired) electrons. The Labute approximate surface area is 181 Å². The normalized spacial score (nSPS) is 15.3. The lowest BCUT2D eigenvalue weighted by molar-refractivity contribution is -0.122. The van der Waals surface area contributed by atoms with E-state index in [2.05, 4.69) is 5.32 Å². The van der Waals surface area contributed by atoms with Gasteiger partial charge in [0.1, 0.15) is 22.8 Å². The Balaban J connectivity index is 2.14. The minimum absolute atomic E-state index is 0.0534. The molecule has 1 saturated heterocycles. The molecule has 10 heteroatoms. The van der Waals surface area contributed by atoms with Gasteiger partial charge in [0.15, 0.2) is 0 Å². The number of nitrogens with one attached hydrogen (secondary N) is 1. The summed E-state index contributed by atoms with van der Waals surface area (Å²) in [5.74, 6) is -0.983. The van der Waals surface area contributed by atoms with Crippen LogP contribution in [-0.4, -0.2) is 39.2 Å². The van der Waals surface area contributed by atoms with Crippen LogP contribution < -0.4 is 24.4 Å². The van der Waals surface area contributed by atoms with Crippen molar-refractivity contribution in [3.05, 3.63) is 51.5 Å². The van der Waals surface area contributed by atoms with Crippen LogP contribution in [0, 0.1) is 0 Å². The van der Waals surface area contributed by atoms with Gasteiger partial charge in [-0.15, -0.1) is 0 Å². The van der Waals surface area contributed by atoms with Gasteiger partial charge in [0, 0.05) is 22.7 Å². The largest absolute Gasteiger partial charge is 0.496 e. The van der Waals surface area contributed by atoms with Crippen molar-refractivity contribution in [2.45, 2.75) is 0 Å². The molecular weight excluding hydrogens is 435 g/mol. The molecule has 1 aliphatic rings. The van der Waals surface area contributed by atoms with E-state index in [0.717, 1.165) is 4.90 Å². The fourth-order valence-electron chi connectivity index (χ4n) is 2.87. The number of barbiturate groups is 1. The summed E-state index contributed by atoms with van der Waals surface area (Å²) in [6, 6.07) is 6.55. The lowest BCUT2D eigenvalue weighted by Crippen LogP contribution is -2.54. The summed E-state index contributed by atoms with van der Waals surface area (Å²) in [5.41, 5.74) is 0.141. The SMILES string of the molecule is COc1cc(N2C(=O)NC(=O)/C(=C\c3cc(Cl)ccc3OC)C2=O)c(OC)cc1Cl. The van der Waals surface area contributed by atoms with Crippen LogP contribution in [0.4, 0.5) is 10.5 Å². The van der Waals surface area contributed by atoms with Crippen molar-refractivity contribution in [1.29, 1.82) is 0 Å². The number of benzene rings is 2. The molecule has 1 N–H and O–H groups in total. The first-order chi connectivity index (χ1) is 14.3. The zero-order valence-electron chi connectivity index (χ0n) is 16.1. The Morgan fingerprint density at radius 1 is 0.900 bits per heavy atom. The van der Waals surface area contributed by atoms with E-state index >= 15 is 0 Å². The smallest absolute Gasteiger partial charge is 0.336 e. The molecule has 0 unspecified atom stereocenters. The number of amides is 4. The monoisotopic (exact) mass is 450 g/mol. The highest BCUT2D eigenvalue weighted by Crippen LogP contribution is 2.39. The summed E-state index contributed by atoms with van der Waals surface area (Å²) in [5, 5.41) is 2.74. The predicted octanol–water partition coefficient (Wildman–Crippen LogP) is 3.69. The van der Waals surface area contributed by atoms with Gasteiger partial charge < -0.3 is 14.2 Å². The zero-order valence-corrected chi connectivity index (χ0v) is 17.6. The maximum atomic E-state index is 13.2. The number of hydrogen-bond acceptors (Lipinski definition) is 6. The van der Waals surface area contributed by atoms with Crippen molar-refractivity contribution < 1.29 is 28.6 Å². The molecule has 3 rings (SSSR count). The van der Waals surface area contributed by atoms with E-state index in [4.69, 9.17) is 37.4 Å². The van der Waals surface area contributed by atoms with Crippen molar-refractivity contribution in [2.24, 2.45) is 0 Å². The molecule has 1 aliphatic heterocycles. The second-order valence-electron chi connectivity index (χ2n) is 6.00. The van der Waals surface area contributed by atoms with Gasteiger partial charge in [-0.1, -0.05) is 23.2 Å². The van der Waals surface area contributed by atoms with Gasteiger partial charge >= 0.3 is 6.03 Å². The van der Waals surface area contributed by atoms with E-state index in [-0.39, 0.29) is 27.8 Å². The fraction of sp³-hybridized carbons (Fsp3) is 0.150. The van der Waals surface area contributed by atoms with E-state index in [1.165, 1.54) is 45.6 Å². The molecule has 2 aromatic rings. The first-order valence-corrected chi connectivity index (χ1v) is 9.22. The molecular formula is C20H16Cl2N2O6. The molecule has 0 spiro atoms. The van der Waals surface area contributed by atoms with Crippen LogP contribution in [0.5, 0.6) is 17.2 Å². The first kappa shape index (κ1) is 21.5. The minimum Gasteiger partial charge on any atom is -0.496 e. The number of imide groups is 2. The zero-order chi connectivity index (χ0) is 22.0. The van der Waals surface area contributed by atoms with E-state index in [1.54, 1.807) is 12.1 Å². The Hall–Kier alpha value is -3.23. The molecule has 0 saturated carbocycles. The average Bonchev–Trinajstić information content (AvgIpc) is 2.71. The number of carbonyl (C=O) groups excluding carboxylic acids is 3. The lowest BCUT2D eigenvalue weighted by Gasteiger charge is -2.28. The molecule has 1 fully saturated rings. The van der Waals surface area contributed by atoms with Crippen LogP contribution in [0.2, 0.25) is 10.0 Å². The molecule has 0 aromatic heterocycles. The number of carbonyl (C=O) groups is 3. The van der Waals surface area contributed by atoms with E-state index in [9.17, 15) is 14.4 Å². The van der Waals surface area contributed by atoms with Gasteiger partial charge in [0.05, 0.1) is 32.0 Å². The van der Waals surface area contributed by atoms with Crippen molar-refractivity contribution in [3.8, 4) is 17.2 Å². The molecule has 30 heavy (non-hydrogen) atoms. The Morgan fingerprint density at radius 2 is 1.57 bits per heavy atom. The third-order valence-corrected chi connectivity index (χ3v) is 4.82. The van der Waals surface area contributed by atoms with Gasteiger partial charge in [0.2, 0.25) is 0 Å². The van der Waals surface area contributed by atoms with Crippen LogP contribution in [0.15, 0.2) is 35.9 Å². The van der Waals surface area contributed by atoms with Crippen LogP contribution in [0.3, 0.4) is 0 Å². The third-order valence-electron chi connectivity index (χ3n) is 4.29. The predicted molar refractivity (Wildman–Crippen MR) is 112 cm³/mol. The Morgan fingerprint density at radius 3 is 2.20 bits per heavy atom. The summed E-state index contributed by atoms with van der Waals surface area (Å²) < 4.78 is 15.7. The third kappa shape index (κ3) is 3.92. The number of hydrogen-bond donors (Lipinski definition) is 1. The number of methoxy groups -OCH3 is 3. The van der Waals surface area contributed by atoms with Gasteiger partial charge in [-0.3, -0.25) is 14.9 Å². The summed E-state index contributed by atoms with van der Waals surface area (Å²) in [6.07, 6.45) is 1.29. The van der Waals surface area contributed by atoms with E-state index < -0.39 is 17.8 Å². The topological polar surface area (TPSA) is 94.2 Å². The maximum absolute atomic E-state index is 13.2. The number of ether oxygens (including phenoxy) is 3. The number of nitrogens with zero attached hydrogens (tertiary/aromatic N) is 1.